The Bertz CT molecular complexity index is 91.1. The summed E-state index contributed by atoms with van der Waals surface area (Å²) in [5.41, 5.74) is 3.96. The zero-order valence-electron chi connectivity index (χ0n) is 5.40. The van der Waals surface area contributed by atoms with Crippen molar-refractivity contribution in [3.8, 4) is 0 Å². The quantitative estimate of drug-likeness (QED) is 0.564. The predicted molar refractivity (Wildman–Crippen MR) is 32.9 cm³/mol. The number of nitrogens with two attached hydrogens (primary N) is 1. The van der Waals surface area contributed by atoms with Gasteiger partial charge < -0.3 is 10.5 Å². The second kappa shape index (κ2) is 2.62. The van der Waals surface area contributed by atoms with Crippen molar-refractivity contribution >= 4 is 0 Å². The van der Waals surface area contributed by atoms with Crippen molar-refractivity contribution in [3.63, 3.8) is 0 Å². The first-order valence-electron chi connectivity index (χ1n) is 3.24. The summed E-state index contributed by atoms with van der Waals surface area (Å²) in [4.78, 5) is 0. The lowest BCUT2D eigenvalue weighted by Gasteiger charge is -2.27. The summed E-state index contributed by atoms with van der Waals surface area (Å²) in [6, 6.07) is 0. The van der Waals surface area contributed by atoms with E-state index in [1.165, 1.54) is 0 Å². The second-order valence-corrected chi connectivity index (χ2v) is 2.51. The zero-order chi connectivity index (χ0) is 6.74. The molecule has 0 saturated carbocycles. The van der Waals surface area contributed by atoms with Gasteiger partial charge in [0.25, 0.3) is 0 Å². The first-order valence-corrected chi connectivity index (χ1v) is 3.24. The minimum atomic E-state index is -1.22. The van der Waals surface area contributed by atoms with Crippen LogP contribution in [0.15, 0.2) is 0 Å². The van der Waals surface area contributed by atoms with E-state index in [-0.39, 0.29) is 13.2 Å². The average Bonchev–Trinajstić information content (AvgIpc) is 1.90. The topological polar surface area (TPSA) is 35.2 Å². The highest BCUT2D eigenvalue weighted by atomic mass is 19.1. The van der Waals surface area contributed by atoms with Crippen LogP contribution in [0.3, 0.4) is 0 Å². The van der Waals surface area contributed by atoms with E-state index >= 15 is 0 Å². The number of alkyl halides is 1. The van der Waals surface area contributed by atoms with Crippen molar-refractivity contribution in [3.05, 3.63) is 0 Å². The van der Waals surface area contributed by atoms with E-state index in [0.717, 1.165) is 6.42 Å². The summed E-state index contributed by atoms with van der Waals surface area (Å²) in [5.74, 6) is 0. The maximum Gasteiger partial charge on any atom is 0.146 e. The molecule has 1 unspecified atom stereocenters. The van der Waals surface area contributed by atoms with Crippen molar-refractivity contribution in [2.45, 2.75) is 18.5 Å². The van der Waals surface area contributed by atoms with Crippen LogP contribution < -0.4 is 5.73 Å². The molecule has 1 atom stereocenters. The Morgan fingerprint density at radius 3 is 2.78 bits per heavy atom. The van der Waals surface area contributed by atoms with Crippen molar-refractivity contribution in [1.82, 2.24) is 0 Å². The van der Waals surface area contributed by atoms with Gasteiger partial charge in [-0.05, 0) is 12.8 Å². The molecule has 0 spiro atoms. The molecule has 2 nitrogen and oxygen atoms in total. The van der Waals surface area contributed by atoms with Crippen molar-refractivity contribution in [2.24, 2.45) is 5.73 Å². The van der Waals surface area contributed by atoms with Gasteiger partial charge in [-0.3, -0.25) is 0 Å². The van der Waals surface area contributed by atoms with Crippen LogP contribution in [0.2, 0.25) is 0 Å². The van der Waals surface area contributed by atoms with Crippen molar-refractivity contribution in [2.75, 3.05) is 19.8 Å². The van der Waals surface area contributed by atoms with Gasteiger partial charge in [-0.25, -0.2) is 4.39 Å². The molecule has 1 aliphatic rings. The Kier molecular flexibility index (Phi) is 2.03. The molecule has 1 rings (SSSR count). The fourth-order valence-electron chi connectivity index (χ4n) is 0.979. The van der Waals surface area contributed by atoms with Gasteiger partial charge in [-0.1, -0.05) is 0 Å². The van der Waals surface area contributed by atoms with Gasteiger partial charge in [0, 0.05) is 13.2 Å². The zero-order valence-corrected chi connectivity index (χ0v) is 5.40. The van der Waals surface area contributed by atoms with Crippen LogP contribution in [0, 0.1) is 0 Å². The van der Waals surface area contributed by atoms with E-state index in [2.05, 4.69) is 0 Å². The third-order valence-electron chi connectivity index (χ3n) is 1.64. The minimum Gasteiger partial charge on any atom is -0.378 e. The molecule has 0 bridgehead atoms. The Hall–Kier alpha value is -0.150. The minimum absolute atomic E-state index is 0.0903. The molecule has 1 saturated heterocycles. The maximum absolute atomic E-state index is 13.1. The third-order valence-corrected chi connectivity index (χ3v) is 1.64. The smallest absolute Gasteiger partial charge is 0.146 e. The SMILES string of the molecule is NCC1(F)CCCOC1. The molecule has 0 radical (unpaired) electrons. The molecule has 0 aromatic carbocycles. The molecule has 9 heavy (non-hydrogen) atoms. The number of hydrogen-bond donors (Lipinski definition) is 1. The van der Waals surface area contributed by atoms with Crippen LogP contribution in [0.4, 0.5) is 4.39 Å². The van der Waals surface area contributed by atoms with E-state index in [4.69, 9.17) is 10.5 Å². The van der Waals surface area contributed by atoms with E-state index < -0.39 is 5.67 Å². The van der Waals surface area contributed by atoms with Crippen LogP contribution in [-0.2, 0) is 4.74 Å². The van der Waals surface area contributed by atoms with Crippen LogP contribution in [0.1, 0.15) is 12.8 Å². The lowest BCUT2D eigenvalue weighted by atomic mass is 9.99. The highest BCUT2D eigenvalue weighted by molar-refractivity contribution is 4.82. The number of hydrogen-bond acceptors (Lipinski definition) is 2. The summed E-state index contributed by atoms with van der Waals surface area (Å²) in [6.45, 7) is 0.960. The molecule has 54 valence electrons. The summed E-state index contributed by atoms with van der Waals surface area (Å²) < 4.78 is 18.0. The lowest BCUT2D eigenvalue weighted by Crippen LogP contribution is -2.41. The molecule has 0 amide bonds. The van der Waals surface area contributed by atoms with Crippen LogP contribution in [0.25, 0.3) is 0 Å². The first-order chi connectivity index (χ1) is 4.27. The van der Waals surface area contributed by atoms with Gasteiger partial charge in [0.2, 0.25) is 0 Å². The van der Waals surface area contributed by atoms with Crippen LogP contribution >= 0.6 is 0 Å². The summed E-state index contributed by atoms with van der Waals surface area (Å²) in [6.07, 6.45) is 1.36. The third kappa shape index (κ3) is 1.63. The molecule has 0 aliphatic carbocycles. The monoisotopic (exact) mass is 133 g/mol. The molecular formula is C6H12FNO. The van der Waals surface area contributed by atoms with E-state index in [1.807, 2.05) is 0 Å². The Balaban J connectivity index is 2.37. The van der Waals surface area contributed by atoms with Crippen molar-refractivity contribution in [1.29, 1.82) is 0 Å². The average molecular weight is 133 g/mol. The van der Waals surface area contributed by atoms with E-state index in [9.17, 15) is 4.39 Å². The summed E-state index contributed by atoms with van der Waals surface area (Å²) in [5, 5.41) is 0. The summed E-state index contributed by atoms with van der Waals surface area (Å²) >= 11 is 0. The lowest BCUT2D eigenvalue weighted by molar-refractivity contribution is -0.0256. The van der Waals surface area contributed by atoms with Gasteiger partial charge in [-0.2, -0.15) is 0 Å². The van der Waals surface area contributed by atoms with Gasteiger partial charge in [-0.15, -0.1) is 0 Å². The largest absolute Gasteiger partial charge is 0.378 e. The highest BCUT2D eigenvalue weighted by Crippen LogP contribution is 2.21. The normalized spacial score (nSPS) is 36.7. The fourth-order valence-corrected chi connectivity index (χ4v) is 0.979. The van der Waals surface area contributed by atoms with E-state index in [1.54, 1.807) is 0 Å². The molecule has 3 heteroatoms. The summed E-state index contributed by atoms with van der Waals surface area (Å²) in [7, 11) is 0. The first kappa shape index (κ1) is 6.96. The molecular weight excluding hydrogens is 121 g/mol. The molecule has 2 N–H and O–H groups in total. The molecule has 0 aromatic heterocycles. The van der Waals surface area contributed by atoms with Crippen LogP contribution in [0.5, 0.6) is 0 Å². The number of ether oxygens (including phenoxy) is 1. The maximum atomic E-state index is 13.1. The number of rotatable bonds is 1. The van der Waals surface area contributed by atoms with Gasteiger partial charge in [0.15, 0.2) is 0 Å². The molecule has 1 fully saturated rings. The van der Waals surface area contributed by atoms with Gasteiger partial charge in [0.05, 0.1) is 6.61 Å². The van der Waals surface area contributed by atoms with Gasteiger partial charge in [0.1, 0.15) is 5.67 Å². The standard InChI is InChI=1S/C6H12FNO/c7-6(4-8)2-1-3-9-5-6/h1-5,8H2. The van der Waals surface area contributed by atoms with Gasteiger partial charge >= 0.3 is 0 Å². The Morgan fingerprint density at radius 2 is 2.44 bits per heavy atom. The van der Waals surface area contributed by atoms with Crippen LogP contribution in [-0.4, -0.2) is 25.4 Å². The number of halogens is 1. The molecule has 1 heterocycles. The van der Waals surface area contributed by atoms with Crippen molar-refractivity contribution < 1.29 is 9.13 Å². The molecule has 1 aliphatic heterocycles. The molecule has 0 aromatic rings. The van der Waals surface area contributed by atoms with E-state index in [0.29, 0.717) is 13.0 Å². The Labute approximate surface area is 54.2 Å². The Morgan fingerprint density at radius 1 is 1.67 bits per heavy atom. The highest BCUT2D eigenvalue weighted by Gasteiger charge is 2.30. The predicted octanol–water partition coefficient (Wildman–Crippen LogP) is 0.464. The second-order valence-electron chi connectivity index (χ2n) is 2.51. The fraction of sp³-hybridized carbons (Fsp3) is 1.00.